The smallest absolute Gasteiger partial charge is 0.339 e. The minimum atomic E-state index is -0.738. The molecule has 1 fully saturated rings. The van der Waals surface area contributed by atoms with Crippen LogP contribution in [0.3, 0.4) is 0 Å². The average molecular weight is 592 g/mol. The first kappa shape index (κ1) is 27.5. The predicted molar refractivity (Wildman–Crippen MR) is 147 cm³/mol. The Kier molecular flexibility index (Phi) is 8.32. The van der Waals surface area contributed by atoms with Crippen molar-refractivity contribution in [3.8, 4) is 5.75 Å². The number of phenols is 1. The number of carbonyl (C=O) groups excluding carboxylic acids is 4. The summed E-state index contributed by atoms with van der Waals surface area (Å²) >= 11 is 18.7. The number of anilines is 1. The highest BCUT2D eigenvalue weighted by Gasteiger charge is 2.35. The molecule has 0 saturated carbocycles. The molecule has 0 radical (unpaired) electrons. The molecule has 2 N–H and O–H groups in total. The SMILES string of the molecule is COC(=O)c1ccc(Cl)cc1NC(=O)c1cc(C=C2SC(=O)N(Cc3ccc(Cl)c(Cl)c3)C2=O)ccc1O. The lowest BCUT2D eigenvalue weighted by Gasteiger charge is -2.13. The van der Waals surface area contributed by atoms with Crippen LogP contribution in [0.4, 0.5) is 10.5 Å². The summed E-state index contributed by atoms with van der Waals surface area (Å²) in [4.78, 5) is 51.7. The number of hydrogen-bond acceptors (Lipinski definition) is 7. The molecule has 0 atom stereocenters. The molecule has 8 nitrogen and oxygen atoms in total. The number of phenolic OH excluding ortho intramolecular Hbond substituents is 1. The maximum absolute atomic E-state index is 13.0. The Balaban J connectivity index is 1.57. The van der Waals surface area contributed by atoms with E-state index in [9.17, 15) is 24.3 Å². The molecule has 0 unspecified atom stereocenters. The van der Waals surface area contributed by atoms with Gasteiger partial charge >= 0.3 is 5.97 Å². The molecule has 1 saturated heterocycles. The normalized spacial score (nSPS) is 14.2. The molecule has 3 aromatic rings. The molecule has 12 heteroatoms. The number of benzene rings is 3. The minimum Gasteiger partial charge on any atom is -0.507 e. The zero-order valence-corrected chi connectivity index (χ0v) is 22.5. The molecule has 1 heterocycles. The zero-order chi connectivity index (χ0) is 27.6. The summed E-state index contributed by atoms with van der Waals surface area (Å²) in [6.07, 6.45) is 1.44. The fraction of sp³-hybridized carbons (Fsp3) is 0.0769. The molecule has 194 valence electrons. The summed E-state index contributed by atoms with van der Waals surface area (Å²) in [6, 6.07) is 13.2. The third-order valence-electron chi connectivity index (χ3n) is 5.40. The van der Waals surface area contributed by atoms with E-state index >= 15 is 0 Å². The van der Waals surface area contributed by atoms with E-state index in [1.807, 2.05) is 0 Å². The molecule has 3 aromatic carbocycles. The highest BCUT2D eigenvalue weighted by atomic mass is 35.5. The van der Waals surface area contributed by atoms with Crippen molar-refractivity contribution >= 4 is 81.4 Å². The number of thioether (sulfide) groups is 1. The van der Waals surface area contributed by atoms with Gasteiger partial charge in [-0.2, -0.15) is 0 Å². The number of nitrogens with one attached hydrogen (secondary N) is 1. The van der Waals surface area contributed by atoms with Gasteiger partial charge in [0.05, 0.1) is 45.4 Å². The average Bonchev–Trinajstić information content (AvgIpc) is 3.14. The molecule has 38 heavy (non-hydrogen) atoms. The standard InChI is InChI=1S/C26H17Cl3N2O6S/c1-37-25(35)16-5-4-15(27)11-20(16)30-23(33)17-8-13(3-7-21(17)32)10-22-24(34)31(26(36)38-22)12-14-2-6-18(28)19(29)9-14/h2-11,32H,12H2,1H3,(H,30,33). The minimum absolute atomic E-state index is 0.00426. The maximum atomic E-state index is 13.0. The van der Waals surface area contributed by atoms with Crippen LogP contribution in [0.2, 0.25) is 15.1 Å². The van der Waals surface area contributed by atoms with E-state index in [1.165, 1.54) is 49.6 Å². The van der Waals surface area contributed by atoms with Crippen molar-refractivity contribution in [2.45, 2.75) is 6.54 Å². The van der Waals surface area contributed by atoms with Crippen LogP contribution >= 0.6 is 46.6 Å². The number of nitrogens with zero attached hydrogens (tertiary/aromatic N) is 1. The van der Waals surface area contributed by atoms with E-state index in [1.54, 1.807) is 18.2 Å². The lowest BCUT2D eigenvalue weighted by atomic mass is 10.1. The number of amides is 3. The van der Waals surface area contributed by atoms with Gasteiger partial charge in [0.1, 0.15) is 5.75 Å². The predicted octanol–water partition coefficient (Wildman–Crippen LogP) is 6.63. The van der Waals surface area contributed by atoms with Crippen LogP contribution in [0.15, 0.2) is 59.5 Å². The number of esters is 1. The number of ether oxygens (including phenoxy) is 1. The number of hydrogen-bond donors (Lipinski definition) is 2. The summed E-state index contributed by atoms with van der Waals surface area (Å²) in [5.41, 5.74) is 1.02. The van der Waals surface area contributed by atoms with Crippen molar-refractivity contribution in [3.05, 3.63) is 96.8 Å². The molecule has 0 aromatic heterocycles. The van der Waals surface area contributed by atoms with E-state index in [2.05, 4.69) is 5.32 Å². The van der Waals surface area contributed by atoms with Crippen LogP contribution in [0, 0.1) is 0 Å². The molecule has 0 aliphatic carbocycles. The summed E-state index contributed by atoms with van der Waals surface area (Å²) in [7, 11) is 1.20. The van der Waals surface area contributed by atoms with E-state index in [-0.39, 0.29) is 39.0 Å². The van der Waals surface area contributed by atoms with Gasteiger partial charge in [-0.15, -0.1) is 0 Å². The highest BCUT2D eigenvalue weighted by Crippen LogP contribution is 2.35. The third kappa shape index (κ3) is 5.97. The van der Waals surface area contributed by atoms with Gasteiger partial charge in [0.15, 0.2) is 0 Å². The topological polar surface area (TPSA) is 113 Å². The third-order valence-corrected chi connectivity index (χ3v) is 7.28. The van der Waals surface area contributed by atoms with Gasteiger partial charge < -0.3 is 15.2 Å². The number of carbonyl (C=O) groups is 4. The Morgan fingerprint density at radius 2 is 1.76 bits per heavy atom. The van der Waals surface area contributed by atoms with E-state index < -0.39 is 23.0 Å². The lowest BCUT2D eigenvalue weighted by Crippen LogP contribution is -2.27. The number of halogens is 3. The van der Waals surface area contributed by atoms with Crippen molar-refractivity contribution in [2.75, 3.05) is 12.4 Å². The molecule has 0 spiro atoms. The Hall–Kier alpha value is -3.50. The first-order valence-corrected chi connectivity index (χ1v) is 12.7. The van der Waals surface area contributed by atoms with Crippen molar-refractivity contribution in [1.82, 2.24) is 4.90 Å². The summed E-state index contributed by atoms with van der Waals surface area (Å²) in [5.74, 6) is -2.29. The molecular formula is C26H17Cl3N2O6S. The first-order chi connectivity index (χ1) is 18.1. The van der Waals surface area contributed by atoms with Crippen LogP contribution in [0.5, 0.6) is 5.75 Å². The van der Waals surface area contributed by atoms with Gasteiger partial charge in [-0.25, -0.2) is 4.79 Å². The molecule has 4 rings (SSSR count). The van der Waals surface area contributed by atoms with E-state index in [0.29, 0.717) is 21.2 Å². The largest absolute Gasteiger partial charge is 0.507 e. The molecule has 3 amide bonds. The van der Waals surface area contributed by atoms with Crippen LogP contribution in [0.1, 0.15) is 31.8 Å². The zero-order valence-electron chi connectivity index (χ0n) is 19.5. The Morgan fingerprint density at radius 3 is 2.47 bits per heavy atom. The molecule has 0 bridgehead atoms. The molecule has 1 aliphatic rings. The van der Waals surface area contributed by atoms with E-state index in [4.69, 9.17) is 39.5 Å². The second-order valence-electron chi connectivity index (χ2n) is 7.93. The van der Waals surface area contributed by atoms with Crippen LogP contribution in [-0.4, -0.2) is 40.1 Å². The van der Waals surface area contributed by atoms with Gasteiger partial charge in [-0.3, -0.25) is 19.3 Å². The number of rotatable bonds is 6. The highest BCUT2D eigenvalue weighted by molar-refractivity contribution is 8.18. The van der Waals surface area contributed by atoms with E-state index in [0.717, 1.165) is 16.7 Å². The van der Waals surface area contributed by atoms with Gasteiger partial charge in [0.25, 0.3) is 17.1 Å². The van der Waals surface area contributed by atoms with Crippen molar-refractivity contribution in [2.24, 2.45) is 0 Å². The van der Waals surface area contributed by atoms with Crippen molar-refractivity contribution in [3.63, 3.8) is 0 Å². The van der Waals surface area contributed by atoms with Crippen molar-refractivity contribution < 1.29 is 29.0 Å². The van der Waals surface area contributed by atoms with Crippen LogP contribution < -0.4 is 5.32 Å². The van der Waals surface area contributed by atoms with Gasteiger partial charge in [0, 0.05) is 5.02 Å². The molecule has 1 aliphatic heterocycles. The first-order valence-electron chi connectivity index (χ1n) is 10.8. The van der Waals surface area contributed by atoms with Crippen LogP contribution in [-0.2, 0) is 16.1 Å². The van der Waals surface area contributed by atoms with Gasteiger partial charge in [0.2, 0.25) is 0 Å². The second-order valence-corrected chi connectivity index (χ2v) is 10.2. The Labute approximate surface area is 236 Å². The summed E-state index contributed by atoms with van der Waals surface area (Å²) < 4.78 is 4.73. The monoisotopic (exact) mass is 590 g/mol. The summed E-state index contributed by atoms with van der Waals surface area (Å²) in [5, 5.41) is 13.3. The molecular weight excluding hydrogens is 575 g/mol. The van der Waals surface area contributed by atoms with Crippen molar-refractivity contribution in [1.29, 1.82) is 0 Å². The lowest BCUT2D eigenvalue weighted by molar-refractivity contribution is -0.123. The number of aromatic hydroxyl groups is 1. The fourth-order valence-corrected chi connectivity index (χ4v) is 4.86. The Bertz CT molecular complexity index is 1520. The number of methoxy groups -OCH3 is 1. The Morgan fingerprint density at radius 1 is 1.00 bits per heavy atom. The van der Waals surface area contributed by atoms with Gasteiger partial charge in [-0.1, -0.05) is 46.9 Å². The second kappa shape index (κ2) is 11.5. The van der Waals surface area contributed by atoms with Gasteiger partial charge in [-0.05, 0) is 71.4 Å². The quantitative estimate of drug-likeness (QED) is 0.244. The maximum Gasteiger partial charge on any atom is 0.339 e. The van der Waals surface area contributed by atoms with Crippen LogP contribution in [0.25, 0.3) is 6.08 Å². The fourth-order valence-electron chi connectivity index (χ4n) is 3.53. The summed E-state index contributed by atoms with van der Waals surface area (Å²) in [6.45, 7) is 0.00426. The number of imide groups is 1.